The minimum Gasteiger partial charge on any atom is -0.368 e. The van der Waals surface area contributed by atoms with Gasteiger partial charge in [0.25, 0.3) is 0 Å². The van der Waals surface area contributed by atoms with Gasteiger partial charge in [-0.05, 0) is 27.2 Å². The van der Waals surface area contributed by atoms with E-state index in [1.165, 1.54) is 0 Å². The molecule has 2 aromatic rings. The van der Waals surface area contributed by atoms with Crippen LogP contribution in [-0.4, -0.2) is 68.8 Å². The van der Waals surface area contributed by atoms with E-state index in [0.717, 1.165) is 30.3 Å². The van der Waals surface area contributed by atoms with E-state index in [9.17, 15) is 0 Å². The van der Waals surface area contributed by atoms with E-state index in [1.807, 2.05) is 60.7 Å². The second kappa shape index (κ2) is 14.8. The Morgan fingerprint density at radius 1 is 1.09 bits per heavy atom. The molecule has 7 atom stereocenters. The standard InChI is InChI=1S/C22H29B2O6P2S/c1-25-22-21(30-32(2)24)20(27-14-17-11-7-4-8-12-17)19(18(29-22)15-28-33-31-23)26-13-16-9-5-3-6-10-16/h3-12,18-23,31H,13-15H2,1-2H3/t18?,19-,20-,21?,22-,31?,32?/m1/s1/i23T,31D. The molecule has 1 aliphatic rings. The molecule has 0 N–H and O–H groups in total. The summed E-state index contributed by atoms with van der Waals surface area (Å²) in [5, 5.41) is 0. The lowest BCUT2D eigenvalue weighted by Crippen LogP contribution is -2.61. The van der Waals surface area contributed by atoms with Crippen molar-refractivity contribution in [2.75, 3.05) is 20.4 Å². The first-order chi connectivity index (χ1) is 17.0. The van der Waals surface area contributed by atoms with Gasteiger partial charge in [-0.1, -0.05) is 68.3 Å². The molecule has 175 valence electrons. The Kier molecular flexibility index (Phi) is 10.9. The number of methoxy groups -OCH3 is 1. The fraction of sp³-hybridized carbons (Fsp3) is 0.455. The van der Waals surface area contributed by atoms with Crippen LogP contribution in [0.25, 0.3) is 0 Å². The monoisotopic (exact) mass is 508 g/mol. The SMILES string of the molecule is [2H]P([B][3H])SOCC1O[C@@H](OC)C(OP([B])C)[C@H](OCc2ccccc2)[C@@H]1OCc1ccccc1. The van der Waals surface area contributed by atoms with E-state index in [0.29, 0.717) is 13.2 Å². The third-order valence-electron chi connectivity index (χ3n) is 5.01. The third kappa shape index (κ3) is 8.61. The smallest absolute Gasteiger partial charge is 0.186 e. The first-order valence-electron chi connectivity index (χ1n) is 11.5. The van der Waals surface area contributed by atoms with Gasteiger partial charge in [0.15, 0.2) is 6.29 Å². The lowest BCUT2D eigenvalue weighted by atomic mass is 9.98. The van der Waals surface area contributed by atoms with Crippen molar-refractivity contribution >= 4 is 42.4 Å². The van der Waals surface area contributed by atoms with E-state index < -0.39 is 46.3 Å². The quantitative estimate of drug-likeness (QED) is 0.217. The maximum atomic E-state index is 7.77. The summed E-state index contributed by atoms with van der Waals surface area (Å²) in [5.74, 6) is 0. The maximum absolute atomic E-state index is 7.77. The van der Waals surface area contributed by atoms with Crippen molar-refractivity contribution < 1.29 is 27.7 Å². The fourth-order valence-electron chi connectivity index (χ4n) is 3.56. The average molecular weight is 508 g/mol. The Hall–Kier alpha value is -0.460. The fourth-order valence-corrected chi connectivity index (χ4v) is 4.78. The van der Waals surface area contributed by atoms with E-state index in [-0.39, 0.29) is 6.61 Å². The maximum Gasteiger partial charge on any atom is 0.186 e. The lowest BCUT2D eigenvalue weighted by Gasteiger charge is -2.46. The Balaban J connectivity index is 1.84. The minimum atomic E-state index is -1.46. The zero-order valence-electron chi connectivity index (χ0n) is 20.7. The summed E-state index contributed by atoms with van der Waals surface area (Å²) in [6.45, 7) is 2.60. The second-order valence-corrected chi connectivity index (χ2v) is 10.4. The molecule has 33 heavy (non-hydrogen) atoms. The van der Waals surface area contributed by atoms with Crippen molar-refractivity contribution in [1.29, 1.82) is 2.61 Å². The van der Waals surface area contributed by atoms with Gasteiger partial charge in [-0.2, -0.15) is 0 Å². The van der Waals surface area contributed by atoms with Gasteiger partial charge in [-0.25, -0.2) is 0 Å². The largest absolute Gasteiger partial charge is 0.368 e. The second-order valence-electron chi connectivity index (χ2n) is 7.38. The lowest BCUT2D eigenvalue weighted by molar-refractivity contribution is -0.303. The molecule has 0 aliphatic carbocycles. The molecule has 6 nitrogen and oxygen atoms in total. The van der Waals surface area contributed by atoms with Gasteiger partial charge in [0.2, 0.25) is 0 Å². The van der Waals surface area contributed by atoms with Crippen molar-refractivity contribution in [1.82, 2.24) is 0 Å². The first kappa shape index (κ1) is 24.2. The number of rotatable bonds is 14. The van der Waals surface area contributed by atoms with Crippen LogP contribution in [0.3, 0.4) is 0 Å². The first-order valence-corrected chi connectivity index (χ1v) is 14.5. The summed E-state index contributed by atoms with van der Waals surface area (Å²) in [4.78, 5) is 0. The summed E-state index contributed by atoms with van der Waals surface area (Å²) < 4.78 is 51.4. The molecule has 1 saturated heterocycles. The normalized spacial score (nSPS) is 27.9. The van der Waals surface area contributed by atoms with E-state index in [1.54, 1.807) is 13.8 Å². The molecule has 3 rings (SSSR count). The molecular formula is C22H29B2O6P2S. The van der Waals surface area contributed by atoms with Crippen molar-refractivity contribution in [2.45, 2.75) is 43.9 Å². The van der Waals surface area contributed by atoms with Crippen LogP contribution in [0.1, 0.15) is 11.1 Å². The van der Waals surface area contributed by atoms with Crippen LogP contribution in [0, 0.1) is 0 Å². The molecular weight excluding hydrogens is 476 g/mol. The molecule has 1 fully saturated rings. The number of hydrogen-bond acceptors (Lipinski definition) is 7. The molecule has 0 aromatic heterocycles. The van der Waals surface area contributed by atoms with Gasteiger partial charge in [0.05, 0.1) is 21.1 Å². The van der Waals surface area contributed by atoms with Gasteiger partial charge in [-0.15, -0.1) is 0 Å². The number of benzene rings is 2. The van der Waals surface area contributed by atoms with Gasteiger partial charge in [-0.3, -0.25) is 0 Å². The molecule has 0 spiro atoms. The molecule has 1 heterocycles. The van der Waals surface area contributed by atoms with Crippen molar-refractivity contribution in [2.24, 2.45) is 0 Å². The highest BCUT2D eigenvalue weighted by molar-refractivity contribution is 8.53. The van der Waals surface area contributed by atoms with E-state index in [4.69, 9.17) is 37.8 Å². The molecule has 11 heteroatoms. The average Bonchev–Trinajstić information content (AvgIpc) is 2.88. The van der Waals surface area contributed by atoms with Crippen molar-refractivity contribution in [3.63, 3.8) is 0 Å². The Morgan fingerprint density at radius 2 is 1.70 bits per heavy atom. The van der Waals surface area contributed by atoms with Gasteiger partial charge < -0.3 is 27.7 Å². The van der Waals surface area contributed by atoms with Crippen molar-refractivity contribution in [3.8, 4) is 0 Å². The molecule has 1 aliphatic heterocycles. The molecule has 0 saturated carbocycles. The van der Waals surface area contributed by atoms with Crippen LogP contribution in [-0.2, 0) is 40.9 Å². The summed E-state index contributed by atoms with van der Waals surface area (Å²) in [7, 11) is 5.96. The van der Waals surface area contributed by atoms with Crippen LogP contribution >= 0.6 is 27.3 Å². The summed E-state index contributed by atoms with van der Waals surface area (Å²) in [5.41, 5.74) is 2.01. The number of ether oxygens (including phenoxy) is 4. The molecule has 2 aromatic carbocycles. The van der Waals surface area contributed by atoms with Gasteiger partial charge in [0, 0.05) is 18.8 Å². The minimum absolute atomic E-state index is 0.122. The summed E-state index contributed by atoms with van der Waals surface area (Å²) >= 11 is 0.941. The predicted octanol–water partition coefficient (Wildman–Crippen LogP) is 4.10. The van der Waals surface area contributed by atoms with Gasteiger partial charge >= 0.3 is 0 Å². The van der Waals surface area contributed by atoms with E-state index in [2.05, 4.69) is 0 Å². The molecule has 4 unspecified atom stereocenters. The van der Waals surface area contributed by atoms with Crippen LogP contribution in [0.2, 0.25) is 0 Å². The van der Waals surface area contributed by atoms with Crippen molar-refractivity contribution in [3.05, 3.63) is 71.8 Å². The summed E-state index contributed by atoms with van der Waals surface area (Å²) in [6, 6.07) is 19.7. The highest BCUT2D eigenvalue weighted by Crippen LogP contribution is 2.38. The molecule has 0 bridgehead atoms. The highest BCUT2D eigenvalue weighted by atomic mass is 32.7. The van der Waals surface area contributed by atoms with Crippen LogP contribution in [0.15, 0.2) is 60.7 Å². The molecule has 3 radical (unpaired) electrons. The number of hydrogen-bond donors (Lipinski definition) is 0. The van der Waals surface area contributed by atoms with Crippen LogP contribution in [0.4, 0.5) is 0 Å². The Morgan fingerprint density at radius 3 is 2.24 bits per heavy atom. The topological polar surface area (TPSA) is 55.4 Å². The van der Waals surface area contributed by atoms with Crippen LogP contribution in [0.5, 0.6) is 0 Å². The Bertz CT molecular complexity index is 851. The highest BCUT2D eigenvalue weighted by Gasteiger charge is 2.49. The summed E-state index contributed by atoms with van der Waals surface area (Å²) in [6.07, 6.45) is -3.07. The zero-order chi connectivity index (χ0) is 25.0. The molecule has 0 amide bonds. The van der Waals surface area contributed by atoms with Gasteiger partial charge in [0.1, 0.15) is 39.5 Å². The van der Waals surface area contributed by atoms with Crippen LogP contribution < -0.4 is 0 Å². The van der Waals surface area contributed by atoms with E-state index >= 15 is 0 Å². The predicted molar refractivity (Wildman–Crippen MR) is 138 cm³/mol. The zero-order valence-corrected chi connectivity index (χ0v) is 21.3. The Labute approximate surface area is 208 Å². The third-order valence-corrected chi connectivity index (χ3v) is 6.49.